The van der Waals surface area contributed by atoms with Crippen LogP contribution in [0.5, 0.6) is 0 Å². The fourth-order valence-corrected chi connectivity index (χ4v) is 5.43. The summed E-state index contributed by atoms with van der Waals surface area (Å²) in [4.78, 5) is 19.9. The van der Waals surface area contributed by atoms with E-state index >= 15 is 0 Å². The molecule has 6 nitrogen and oxygen atoms in total. The Hall–Kier alpha value is -3.00. The molecule has 4 aromatic rings. The third kappa shape index (κ3) is 4.60. The highest BCUT2D eigenvalue weighted by Crippen LogP contribution is 2.24. The van der Waals surface area contributed by atoms with Gasteiger partial charge in [-0.25, -0.2) is 8.42 Å². The fraction of sp³-hybridized carbons (Fsp3) is 0.167. The summed E-state index contributed by atoms with van der Waals surface area (Å²) in [6.45, 7) is 3.90. The minimum atomic E-state index is -3.94. The molecule has 2 heterocycles. The molecule has 2 aromatic carbocycles. The van der Waals surface area contributed by atoms with Crippen LogP contribution in [0.25, 0.3) is 10.9 Å². The van der Waals surface area contributed by atoms with Gasteiger partial charge in [-0.3, -0.25) is 9.78 Å². The molecular formula is C24H22ClN3O3S. The van der Waals surface area contributed by atoms with Crippen molar-refractivity contribution in [3.8, 4) is 0 Å². The van der Waals surface area contributed by atoms with Crippen molar-refractivity contribution in [2.75, 3.05) is 0 Å². The standard InChI is InChI=1S/C24H22ClN3O3S/c1-16-9-17(2)22-11-19(24(29)27-23(22)10-16)15-28(14-18-5-4-8-26-13-18)32(30,31)21-7-3-6-20(25)12-21/h3-13H,14-15H2,1-2H3,(H,27,29). The van der Waals surface area contributed by atoms with Crippen LogP contribution in [0.3, 0.4) is 0 Å². The van der Waals surface area contributed by atoms with Crippen LogP contribution in [-0.2, 0) is 23.1 Å². The minimum absolute atomic E-state index is 0.0625. The van der Waals surface area contributed by atoms with E-state index in [4.69, 9.17) is 11.6 Å². The lowest BCUT2D eigenvalue weighted by molar-refractivity contribution is 0.399. The molecule has 0 bridgehead atoms. The van der Waals surface area contributed by atoms with Crippen molar-refractivity contribution >= 4 is 32.5 Å². The van der Waals surface area contributed by atoms with Gasteiger partial charge in [-0.15, -0.1) is 0 Å². The van der Waals surface area contributed by atoms with Crippen LogP contribution >= 0.6 is 11.6 Å². The van der Waals surface area contributed by atoms with Crippen molar-refractivity contribution in [2.45, 2.75) is 31.8 Å². The predicted octanol–water partition coefficient (Wildman–Crippen LogP) is 4.58. The lowest BCUT2D eigenvalue weighted by Gasteiger charge is -2.22. The van der Waals surface area contributed by atoms with E-state index in [9.17, 15) is 13.2 Å². The van der Waals surface area contributed by atoms with Crippen LogP contribution in [0.2, 0.25) is 5.02 Å². The quantitative estimate of drug-likeness (QED) is 0.449. The van der Waals surface area contributed by atoms with Crippen molar-refractivity contribution in [1.29, 1.82) is 0 Å². The summed E-state index contributed by atoms with van der Waals surface area (Å²) in [6, 6.07) is 15.4. The first kappa shape index (κ1) is 22.2. The molecule has 0 saturated heterocycles. The van der Waals surface area contributed by atoms with Crippen molar-refractivity contribution in [3.63, 3.8) is 0 Å². The number of benzene rings is 2. The van der Waals surface area contributed by atoms with Crippen LogP contribution in [0.1, 0.15) is 22.3 Å². The molecule has 164 valence electrons. The number of pyridine rings is 2. The normalized spacial score (nSPS) is 11.9. The second-order valence-electron chi connectivity index (χ2n) is 7.76. The summed E-state index contributed by atoms with van der Waals surface area (Å²) in [5.74, 6) is 0. The first-order valence-corrected chi connectivity index (χ1v) is 11.8. The third-order valence-corrected chi connectivity index (χ3v) is 7.27. The fourth-order valence-electron chi connectivity index (χ4n) is 3.72. The summed E-state index contributed by atoms with van der Waals surface area (Å²) >= 11 is 6.05. The number of hydrogen-bond acceptors (Lipinski definition) is 4. The lowest BCUT2D eigenvalue weighted by atomic mass is 10.0. The molecular weight excluding hydrogens is 446 g/mol. The Labute approximate surface area is 191 Å². The molecule has 0 saturated carbocycles. The number of halogens is 1. The zero-order valence-corrected chi connectivity index (χ0v) is 19.2. The Kier molecular flexibility index (Phi) is 6.15. The molecule has 0 atom stereocenters. The van der Waals surface area contributed by atoms with Gasteiger partial charge in [0.15, 0.2) is 0 Å². The van der Waals surface area contributed by atoms with E-state index in [0.29, 0.717) is 16.1 Å². The number of fused-ring (bicyclic) bond motifs is 1. The number of aromatic nitrogens is 2. The summed E-state index contributed by atoms with van der Waals surface area (Å²) in [7, 11) is -3.94. The van der Waals surface area contributed by atoms with Gasteiger partial charge < -0.3 is 4.98 Å². The molecule has 0 radical (unpaired) electrons. The Morgan fingerprint density at radius 1 is 1.03 bits per heavy atom. The van der Waals surface area contributed by atoms with Gasteiger partial charge in [0.2, 0.25) is 10.0 Å². The van der Waals surface area contributed by atoms with E-state index in [1.807, 2.05) is 26.0 Å². The van der Waals surface area contributed by atoms with E-state index in [2.05, 4.69) is 9.97 Å². The number of H-pyrrole nitrogens is 1. The van der Waals surface area contributed by atoms with E-state index < -0.39 is 10.0 Å². The van der Waals surface area contributed by atoms with E-state index in [0.717, 1.165) is 22.0 Å². The molecule has 0 spiro atoms. The highest BCUT2D eigenvalue weighted by Gasteiger charge is 2.26. The van der Waals surface area contributed by atoms with Gasteiger partial charge in [0.05, 0.1) is 4.90 Å². The second-order valence-corrected chi connectivity index (χ2v) is 10.1. The largest absolute Gasteiger partial charge is 0.322 e. The third-order valence-electron chi connectivity index (χ3n) is 5.25. The molecule has 0 aliphatic carbocycles. The first-order chi connectivity index (χ1) is 15.2. The van der Waals surface area contributed by atoms with Gasteiger partial charge in [-0.2, -0.15) is 4.31 Å². The van der Waals surface area contributed by atoms with Gasteiger partial charge in [0, 0.05) is 47.0 Å². The Morgan fingerprint density at radius 2 is 1.84 bits per heavy atom. The maximum Gasteiger partial charge on any atom is 0.252 e. The van der Waals surface area contributed by atoms with Crippen LogP contribution in [0.15, 0.2) is 76.7 Å². The summed E-state index contributed by atoms with van der Waals surface area (Å²) in [5.41, 5.74) is 3.53. The van der Waals surface area contributed by atoms with E-state index in [1.54, 1.807) is 42.7 Å². The zero-order valence-electron chi connectivity index (χ0n) is 17.7. The number of nitrogens with one attached hydrogen (secondary N) is 1. The highest BCUT2D eigenvalue weighted by atomic mass is 35.5. The number of aromatic amines is 1. The summed E-state index contributed by atoms with van der Waals surface area (Å²) in [6.07, 6.45) is 3.23. The Bertz CT molecular complexity index is 1450. The molecule has 0 aliphatic heterocycles. The molecule has 2 aromatic heterocycles. The Balaban J connectivity index is 1.80. The number of aryl methyl sites for hydroxylation is 2. The molecule has 32 heavy (non-hydrogen) atoms. The number of sulfonamides is 1. The smallest absolute Gasteiger partial charge is 0.252 e. The number of rotatable bonds is 6. The molecule has 8 heteroatoms. The van der Waals surface area contributed by atoms with Crippen LogP contribution in [-0.4, -0.2) is 22.7 Å². The molecule has 0 amide bonds. The van der Waals surface area contributed by atoms with Crippen LogP contribution in [0, 0.1) is 13.8 Å². The first-order valence-electron chi connectivity index (χ1n) is 10.0. The average molecular weight is 468 g/mol. The van der Waals surface area contributed by atoms with Gasteiger partial charge in [-0.05, 0) is 66.9 Å². The van der Waals surface area contributed by atoms with Gasteiger partial charge in [-0.1, -0.05) is 29.8 Å². The molecule has 0 fully saturated rings. The molecule has 1 N–H and O–H groups in total. The summed E-state index contributed by atoms with van der Waals surface area (Å²) in [5, 5.41) is 1.20. The van der Waals surface area contributed by atoms with Crippen molar-refractivity contribution in [3.05, 3.63) is 105 Å². The van der Waals surface area contributed by atoms with E-state index in [-0.39, 0.29) is 23.5 Å². The maximum atomic E-state index is 13.5. The number of hydrogen-bond donors (Lipinski definition) is 1. The lowest BCUT2D eigenvalue weighted by Crippen LogP contribution is -2.32. The SMILES string of the molecule is Cc1cc(C)c2cc(CN(Cc3cccnc3)S(=O)(=O)c3cccc(Cl)c3)c(=O)[nH]c2c1. The van der Waals surface area contributed by atoms with Crippen molar-refractivity contribution < 1.29 is 8.42 Å². The minimum Gasteiger partial charge on any atom is -0.322 e. The topological polar surface area (TPSA) is 83.1 Å². The average Bonchev–Trinajstić information content (AvgIpc) is 2.74. The van der Waals surface area contributed by atoms with Crippen molar-refractivity contribution in [1.82, 2.24) is 14.3 Å². The van der Waals surface area contributed by atoms with Gasteiger partial charge >= 0.3 is 0 Å². The van der Waals surface area contributed by atoms with Gasteiger partial charge in [0.25, 0.3) is 5.56 Å². The van der Waals surface area contributed by atoms with Crippen LogP contribution < -0.4 is 5.56 Å². The Morgan fingerprint density at radius 3 is 2.56 bits per heavy atom. The van der Waals surface area contributed by atoms with Gasteiger partial charge in [0.1, 0.15) is 0 Å². The van der Waals surface area contributed by atoms with Crippen LogP contribution in [0.4, 0.5) is 0 Å². The summed E-state index contributed by atoms with van der Waals surface area (Å²) < 4.78 is 28.3. The van der Waals surface area contributed by atoms with Crippen molar-refractivity contribution in [2.24, 2.45) is 0 Å². The molecule has 0 unspecified atom stereocenters. The predicted molar refractivity (Wildman–Crippen MR) is 126 cm³/mol. The molecule has 0 aliphatic rings. The number of nitrogens with zero attached hydrogens (tertiary/aromatic N) is 2. The van der Waals surface area contributed by atoms with E-state index in [1.165, 1.54) is 16.4 Å². The zero-order chi connectivity index (χ0) is 22.9. The second kappa shape index (κ2) is 8.86. The molecule has 4 rings (SSSR count). The maximum absolute atomic E-state index is 13.5. The highest BCUT2D eigenvalue weighted by molar-refractivity contribution is 7.89. The monoisotopic (exact) mass is 467 g/mol.